The molecule has 0 aromatic rings. The molecule has 6 nitrogen and oxygen atoms in total. The predicted molar refractivity (Wildman–Crippen MR) is 101 cm³/mol. The highest BCUT2D eigenvalue weighted by Gasteiger charge is 2.24. The maximum absolute atomic E-state index is 7.50. The molecule has 144 valence electrons. The summed E-state index contributed by atoms with van der Waals surface area (Å²) in [6, 6.07) is 0. The molecule has 0 amide bonds. The molecule has 2 aliphatic carbocycles. The molecule has 2 saturated carbocycles. The van der Waals surface area contributed by atoms with Crippen molar-refractivity contribution < 1.29 is 9.47 Å². The van der Waals surface area contributed by atoms with Crippen molar-refractivity contribution in [3.8, 4) is 0 Å². The quantitative estimate of drug-likeness (QED) is 0.274. The SMILES string of the molecule is N=C(N)C1CCC(OCCCCCOC2CCC(C(=N)N)CC2)CC1. The van der Waals surface area contributed by atoms with Crippen LogP contribution in [0.2, 0.25) is 0 Å². The van der Waals surface area contributed by atoms with Crippen molar-refractivity contribution in [2.24, 2.45) is 23.3 Å². The van der Waals surface area contributed by atoms with Crippen LogP contribution in [-0.2, 0) is 9.47 Å². The average Bonchev–Trinajstić information content (AvgIpc) is 2.61. The van der Waals surface area contributed by atoms with Crippen LogP contribution in [0.15, 0.2) is 0 Å². The van der Waals surface area contributed by atoms with Gasteiger partial charge in [-0.1, -0.05) is 0 Å². The van der Waals surface area contributed by atoms with E-state index < -0.39 is 0 Å². The summed E-state index contributed by atoms with van der Waals surface area (Å²) in [5.41, 5.74) is 11.1. The summed E-state index contributed by atoms with van der Waals surface area (Å²) in [5, 5.41) is 15.0. The van der Waals surface area contributed by atoms with Crippen molar-refractivity contribution in [3.05, 3.63) is 0 Å². The van der Waals surface area contributed by atoms with Crippen molar-refractivity contribution in [1.82, 2.24) is 0 Å². The minimum atomic E-state index is 0.280. The van der Waals surface area contributed by atoms with Gasteiger partial charge in [-0.25, -0.2) is 0 Å². The monoisotopic (exact) mass is 352 g/mol. The van der Waals surface area contributed by atoms with Crippen LogP contribution in [0.4, 0.5) is 0 Å². The summed E-state index contributed by atoms with van der Waals surface area (Å²) < 4.78 is 11.9. The fourth-order valence-corrected chi connectivity index (χ4v) is 3.96. The molecular formula is C19H36N4O2. The van der Waals surface area contributed by atoms with Crippen molar-refractivity contribution in [1.29, 1.82) is 10.8 Å². The minimum absolute atomic E-state index is 0.280. The van der Waals surface area contributed by atoms with Gasteiger partial charge < -0.3 is 20.9 Å². The minimum Gasteiger partial charge on any atom is -0.387 e. The number of amidine groups is 2. The number of nitrogens with one attached hydrogen (secondary N) is 2. The summed E-state index contributed by atoms with van der Waals surface area (Å²) >= 11 is 0. The molecule has 0 bridgehead atoms. The molecule has 6 N–H and O–H groups in total. The topological polar surface area (TPSA) is 118 Å². The molecule has 0 spiro atoms. The Morgan fingerprint density at radius 3 is 1.32 bits per heavy atom. The van der Waals surface area contributed by atoms with Crippen molar-refractivity contribution in [3.63, 3.8) is 0 Å². The summed E-state index contributed by atoms with van der Waals surface area (Å²) in [7, 11) is 0. The Labute approximate surface area is 152 Å². The number of unbranched alkanes of at least 4 members (excludes halogenated alkanes) is 2. The van der Waals surface area contributed by atoms with E-state index in [2.05, 4.69) is 0 Å². The van der Waals surface area contributed by atoms with Crippen molar-refractivity contribution >= 4 is 11.7 Å². The Bertz CT molecular complexity index is 376. The van der Waals surface area contributed by atoms with Crippen LogP contribution in [0, 0.1) is 22.7 Å². The summed E-state index contributed by atoms with van der Waals surface area (Å²) in [4.78, 5) is 0. The molecule has 2 aliphatic rings. The van der Waals surface area contributed by atoms with Gasteiger partial charge in [0.05, 0.1) is 23.9 Å². The first-order valence-corrected chi connectivity index (χ1v) is 9.97. The molecule has 2 rings (SSSR count). The average molecular weight is 353 g/mol. The van der Waals surface area contributed by atoms with Gasteiger partial charge in [-0.15, -0.1) is 0 Å². The Balaban J connectivity index is 1.41. The lowest BCUT2D eigenvalue weighted by molar-refractivity contribution is 0.0124. The molecule has 0 heterocycles. The van der Waals surface area contributed by atoms with Gasteiger partial charge >= 0.3 is 0 Å². The molecule has 0 unspecified atom stereocenters. The molecule has 25 heavy (non-hydrogen) atoms. The van der Waals surface area contributed by atoms with E-state index in [0.29, 0.717) is 23.9 Å². The largest absolute Gasteiger partial charge is 0.387 e. The standard InChI is InChI=1S/C19H36N4O2/c20-18(21)14-4-8-16(9-5-14)24-12-2-1-3-13-25-17-10-6-15(7-11-17)19(22)23/h14-17H,1-13H2,(H3,20,21)(H3,22,23). The highest BCUT2D eigenvalue weighted by molar-refractivity contribution is 5.79. The molecule has 6 heteroatoms. The third-order valence-corrected chi connectivity index (χ3v) is 5.72. The van der Waals surface area contributed by atoms with Crippen LogP contribution in [0.1, 0.15) is 70.6 Å². The molecular weight excluding hydrogens is 316 g/mol. The first kappa shape index (κ1) is 20.2. The van der Waals surface area contributed by atoms with Crippen LogP contribution in [-0.4, -0.2) is 37.1 Å². The molecule has 0 saturated heterocycles. The predicted octanol–water partition coefficient (Wildman–Crippen LogP) is 3.18. The third-order valence-electron chi connectivity index (χ3n) is 5.72. The zero-order valence-corrected chi connectivity index (χ0v) is 15.5. The van der Waals surface area contributed by atoms with Gasteiger partial charge in [0.15, 0.2) is 0 Å². The second kappa shape index (κ2) is 10.8. The van der Waals surface area contributed by atoms with Crippen LogP contribution in [0.25, 0.3) is 0 Å². The zero-order valence-electron chi connectivity index (χ0n) is 15.5. The fraction of sp³-hybridized carbons (Fsp3) is 0.895. The molecule has 2 fully saturated rings. The lowest BCUT2D eigenvalue weighted by Crippen LogP contribution is -2.30. The Kier molecular flexibility index (Phi) is 8.68. The lowest BCUT2D eigenvalue weighted by atomic mass is 9.87. The molecule has 0 aromatic heterocycles. The normalized spacial score (nSPS) is 30.1. The maximum atomic E-state index is 7.50. The van der Waals surface area contributed by atoms with E-state index in [1.165, 1.54) is 0 Å². The molecule has 0 aliphatic heterocycles. The van der Waals surface area contributed by atoms with Crippen LogP contribution in [0.3, 0.4) is 0 Å². The Morgan fingerprint density at radius 1 is 0.640 bits per heavy atom. The van der Waals surface area contributed by atoms with Gasteiger partial charge in [-0.05, 0) is 70.6 Å². The first-order chi connectivity index (χ1) is 12.1. The smallest absolute Gasteiger partial charge is 0.0936 e. The van der Waals surface area contributed by atoms with E-state index in [-0.39, 0.29) is 11.8 Å². The van der Waals surface area contributed by atoms with E-state index in [1.54, 1.807) is 0 Å². The van der Waals surface area contributed by atoms with Gasteiger partial charge in [0, 0.05) is 25.0 Å². The highest BCUT2D eigenvalue weighted by atomic mass is 16.5. The number of ether oxygens (including phenoxy) is 2. The Morgan fingerprint density at radius 2 is 1.00 bits per heavy atom. The van der Waals surface area contributed by atoms with Gasteiger partial charge in [0.2, 0.25) is 0 Å². The van der Waals surface area contributed by atoms with Gasteiger partial charge in [0.25, 0.3) is 0 Å². The third kappa shape index (κ3) is 7.32. The van der Waals surface area contributed by atoms with Crippen LogP contribution >= 0.6 is 0 Å². The lowest BCUT2D eigenvalue weighted by Gasteiger charge is -2.28. The first-order valence-electron chi connectivity index (χ1n) is 9.97. The van der Waals surface area contributed by atoms with E-state index in [4.69, 9.17) is 31.8 Å². The highest BCUT2D eigenvalue weighted by Crippen LogP contribution is 2.27. The summed E-state index contributed by atoms with van der Waals surface area (Å²) in [5.74, 6) is 1.24. The van der Waals surface area contributed by atoms with Gasteiger partial charge in [-0.2, -0.15) is 0 Å². The fourth-order valence-electron chi connectivity index (χ4n) is 3.96. The van der Waals surface area contributed by atoms with Gasteiger partial charge in [-0.3, -0.25) is 10.8 Å². The summed E-state index contributed by atoms with van der Waals surface area (Å²) in [6.45, 7) is 1.66. The second-order valence-electron chi connectivity index (χ2n) is 7.66. The summed E-state index contributed by atoms with van der Waals surface area (Å²) in [6.07, 6.45) is 12.2. The molecule has 0 aromatic carbocycles. The van der Waals surface area contributed by atoms with E-state index >= 15 is 0 Å². The number of nitrogens with two attached hydrogens (primary N) is 2. The second-order valence-corrected chi connectivity index (χ2v) is 7.66. The zero-order chi connectivity index (χ0) is 18.1. The number of hydrogen-bond acceptors (Lipinski definition) is 4. The van der Waals surface area contributed by atoms with Crippen molar-refractivity contribution in [2.75, 3.05) is 13.2 Å². The Hall–Kier alpha value is -1.14. The van der Waals surface area contributed by atoms with E-state index in [0.717, 1.165) is 83.8 Å². The molecule has 0 atom stereocenters. The van der Waals surface area contributed by atoms with Gasteiger partial charge in [0.1, 0.15) is 0 Å². The van der Waals surface area contributed by atoms with Crippen LogP contribution in [0.5, 0.6) is 0 Å². The number of hydrogen-bond donors (Lipinski definition) is 4. The van der Waals surface area contributed by atoms with E-state index in [1.807, 2.05) is 0 Å². The van der Waals surface area contributed by atoms with Crippen molar-refractivity contribution in [2.45, 2.75) is 82.8 Å². The molecule has 0 radical (unpaired) electrons. The van der Waals surface area contributed by atoms with Crippen LogP contribution < -0.4 is 11.5 Å². The maximum Gasteiger partial charge on any atom is 0.0936 e. The number of rotatable bonds is 10. The van der Waals surface area contributed by atoms with E-state index in [9.17, 15) is 0 Å².